The van der Waals surface area contributed by atoms with Crippen molar-refractivity contribution in [3.63, 3.8) is 0 Å². The summed E-state index contributed by atoms with van der Waals surface area (Å²) >= 11 is 1.21. The molecule has 0 atom stereocenters. The maximum atomic E-state index is 14.3. The molecule has 1 heterocycles. The minimum atomic E-state index is -4.34. The van der Waals surface area contributed by atoms with E-state index in [1.54, 1.807) is 29.6 Å². The van der Waals surface area contributed by atoms with Gasteiger partial charge in [0.05, 0.1) is 19.2 Å². The molecular formula is C18H14FN2O4S2. The molecule has 6 nitrogen and oxygen atoms in total. The highest BCUT2D eigenvalue weighted by atomic mass is 32.2. The summed E-state index contributed by atoms with van der Waals surface area (Å²) in [6.07, 6.45) is 0.412. The van der Waals surface area contributed by atoms with Crippen LogP contribution in [0.15, 0.2) is 52.2 Å². The van der Waals surface area contributed by atoms with Crippen LogP contribution >= 0.6 is 11.3 Å². The van der Waals surface area contributed by atoms with Crippen molar-refractivity contribution in [2.75, 3.05) is 11.4 Å². The Balaban J connectivity index is 2.06. The molecular weight excluding hydrogens is 391 g/mol. The fourth-order valence-electron chi connectivity index (χ4n) is 2.35. The summed E-state index contributed by atoms with van der Waals surface area (Å²) in [6.45, 7) is -0.0747. The Bertz CT molecular complexity index is 1040. The molecule has 3 aromatic rings. The van der Waals surface area contributed by atoms with Gasteiger partial charge >= 0.3 is 0 Å². The van der Waals surface area contributed by atoms with Crippen LogP contribution in [0.4, 0.5) is 10.2 Å². The zero-order valence-electron chi connectivity index (χ0n) is 14.1. The summed E-state index contributed by atoms with van der Waals surface area (Å²) in [4.78, 5) is 14.3. The number of benzene rings is 2. The highest BCUT2D eigenvalue weighted by molar-refractivity contribution is 7.92. The third-order valence-electron chi connectivity index (χ3n) is 3.72. The first-order chi connectivity index (χ1) is 13.0. The van der Waals surface area contributed by atoms with E-state index in [0.29, 0.717) is 17.6 Å². The molecule has 1 aromatic heterocycles. The number of hydrogen-bond donors (Lipinski definition) is 0. The fraction of sp³-hybridized carbons (Fsp3) is 0.111. The fourth-order valence-corrected chi connectivity index (χ4v) is 4.41. The Morgan fingerprint density at radius 2 is 2.00 bits per heavy atom. The van der Waals surface area contributed by atoms with Crippen LogP contribution in [0, 0.1) is 11.9 Å². The SMILES string of the molecule is COc1ccc(CN(c2cscn2)S(=O)(=O)c2[c]c(C=O)ccc2F)cc1. The lowest BCUT2D eigenvalue weighted by molar-refractivity contribution is 0.112. The van der Waals surface area contributed by atoms with Crippen LogP contribution in [0.25, 0.3) is 0 Å². The number of aldehydes is 1. The first-order valence-electron chi connectivity index (χ1n) is 7.66. The van der Waals surface area contributed by atoms with Crippen LogP contribution in [0.1, 0.15) is 15.9 Å². The predicted molar refractivity (Wildman–Crippen MR) is 99.1 cm³/mol. The Labute approximate surface area is 159 Å². The molecule has 9 heteroatoms. The normalized spacial score (nSPS) is 11.2. The largest absolute Gasteiger partial charge is 0.497 e. The van der Waals surface area contributed by atoms with Gasteiger partial charge in [-0.2, -0.15) is 0 Å². The van der Waals surface area contributed by atoms with Crippen molar-refractivity contribution in [3.8, 4) is 5.75 Å². The van der Waals surface area contributed by atoms with Crippen molar-refractivity contribution in [2.45, 2.75) is 11.4 Å². The number of ether oxygens (including phenoxy) is 1. The lowest BCUT2D eigenvalue weighted by Gasteiger charge is -2.22. The molecule has 0 unspecified atom stereocenters. The number of thiazole rings is 1. The van der Waals surface area contributed by atoms with Gasteiger partial charge in [-0.3, -0.25) is 4.79 Å². The summed E-state index contributed by atoms with van der Waals surface area (Å²) in [7, 11) is -2.82. The third-order valence-corrected chi connectivity index (χ3v) is 6.00. The van der Waals surface area contributed by atoms with Gasteiger partial charge in [-0.1, -0.05) is 12.1 Å². The Morgan fingerprint density at radius 1 is 1.26 bits per heavy atom. The zero-order valence-corrected chi connectivity index (χ0v) is 15.8. The van der Waals surface area contributed by atoms with Crippen molar-refractivity contribution >= 4 is 33.5 Å². The van der Waals surface area contributed by atoms with Gasteiger partial charge in [-0.15, -0.1) is 11.3 Å². The molecule has 0 saturated heterocycles. The number of rotatable bonds is 7. The minimum Gasteiger partial charge on any atom is -0.497 e. The van der Waals surface area contributed by atoms with E-state index >= 15 is 0 Å². The number of nitrogens with zero attached hydrogens (tertiary/aromatic N) is 2. The number of anilines is 1. The average molecular weight is 405 g/mol. The summed E-state index contributed by atoms with van der Waals surface area (Å²) < 4.78 is 46.6. The molecule has 139 valence electrons. The molecule has 0 spiro atoms. The van der Waals surface area contributed by atoms with Crippen molar-refractivity contribution in [2.24, 2.45) is 0 Å². The van der Waals surface area contributed by atoms with Gasteiger partial charge in [0.15, 0.2) is 12.1 Å². The van der Waals surface area contributed by atoms with E-state index < -0.39 is 20.7 Å². The molecule has 0 aliphatic carbocycles. The zero-order chi connectivity index (χ0) is 19.4. The summed E-state index contributed by atoms with van der Waals surface area (Å²) in [6, 6.07) is 11.2. The molecule has 0 saturated carbocycles. The standard InChI is InChI=1S/C18H14FN2O4S2/c1-25-15-5-2-13(3-6-15)9-21(18-11-26-12-20-18)27(23,24)17-8-14(10-22)4-7-16(17)19/h2-7,10-12H,9H2,1H3. The number of sulfonamides is 1. The second-order valence-electron chi connectivity index (χ2n) is 5.41. The first-order valence-corrected chi connectivity index (χ1v) is 10.0. The molecule has 2 aromatic carbocycles. The van der Waals surface area contributed by atoms with Gasteiger partial charge < -0.3 is 4.74 Å². The molecule has 0 bridgehead atoms. The predicted octanol–water partition coefficient (Wildman–Crippen LogP) is 3.30. The van der Waals surface area contributed by atoms with Crippen LogP contribution in [0.2, 0.25) is 0 Å². The maximum Gasteiger partial charge on any atom is 0.269 e. The summed E-state index contributed by atoms with van der Waals surface area (Å²) in [5, 5.41) is 1.54. The lowest BCUT2D eigenvalue weighted by atomic mass is 10.2. The molecule has 3 rings (SSSR count). The number of aromatic nitrogens is 1. The molecule has 0 N–H and O–H groups in total. The summed E-state index contributed by atoms with van der Waals surface area (Å²) in [5.41, 5.74) is 2.07. The Hall–Kier alpha value is -2.78. The second-order valence-corrected chi connectivity index (χ2v) is 7.93. The van der Waals surface area contributed by atoms with Gasteiger partial charge in [0, 0.05) is 17.0 Å². The van der Waals surface area contributed by atoms with Crippen LogP contribution in [0.3, 0.4) is 0 Å². The number of methoxy groups -OCH3 is 1. The summed E-state index contributed by atoms with van der Waals surface area (Å²) in [5.74, 6) is -0.212. The second kappa shape index (κ2) is 7.85. The molecule has 0 amide bonds. The molecule has 1 radical (unpaired) electrons. The first kappa shape index (κ1) is 19.0. The van der Waals surface area contributed by atoms with Gasteiger partial charge in [0.25, 0.3) is 10.0 Å². The molecule has 0 fully saturated rings. The van der Waals surface area contributed by atoms with Crippen LogP contribution < -0.4 is 9.04 Å². The highest BCUT2D eigenvalue weighted by Crippen LogP contribution is 2.28. The smallest absolute Gasteiger partial charge is 0.269 e. The van der Waals surface area contributed by atoms with Gasteiger partial charge in [-0.05, 0) is 29.8 Å². The van der Waals surface area contributed by atoms with E-state index in [0.717, 1.165) is 16.4 Å². The molecule has 0 aliphatic heterocycles. The van der Waals surface area contributed by atoms with E-state index in [1.807, 2.05) is 0 Å². The average Bonchev–Trinajstić information content (AvgIpc) is 3.21. The van der Waals surface area contributed by atoms with E-state index in [9.17, 15) is 17.6 Å². The van der Waals surface area contributed by atoms with Crippen molar-refractivity contribution in [1.82, 2.24) is 4.98 Å². The van der Waals surface area contributed by atoms with Crippen molar-refractivity contribution in [3.05, 3.63) is 70.3 Å². The van der Waals surface area contributed by atoms with Crippen LogP contribution in [0.5, 0.6) is 5.75 Å². The topological polar surface area (TPSA) is 76.6 Å². The van der Waals surface area contributed by atoms with Gasteiger partial charge in [-0.25, -0.2) is 22.1 Å². The van der Waals surface area contributed by atoms with Gasteiger partial charge in [0.1, 0.15) is 16.5 Å². The monoisotopic (exact) mass is 405 g/mol. The third kappa shape index (κ3) is 3.99. The maximum absolute atomic E-state index is 14.3. The number of carbonyl (C=O) groups excluding carboxylic acids is 1. The number of carbonyl (C=O) groups is 1. The van der Waals surface area contributed by atoms with Crippen molar-refractivity contribution < 1.29 is 22.3 Å². The van der Waals surface area contributed by atoms with E-state index in [2.05, 4.69) is 11.1 Å². The van der Waals surface area contributed by atoms with E-state index in [-0.39, 0.29) is 17.9 Å². The van der Waals surface area contributed by atoms with Crippen LogP contribution in [-0.2, 0) is 16.6 Å². The highest BCUT2D eigenvalue weighted by Gasteiger charge is 2.30. The Morgan fingerprint density at radius 3 is 2.59 bits per heavy atom. The van der Waals surface area contributed by atoms with Crippen molar-refractivity contribution in [1.29, 1.82) is 0 Å². The molecule has 27 heavy (non-hydrogen) atoms. The van der Waals surface area contributed by atoms with E-state index in [4.69, 9.17) is 4.74 Å². The lowest BCUT2D eigenvalue weighted by Crippen LogP contribution is -2.31. The number of halogens is 1. The number of hydrogen-bond acceptors (Lipinski definition) is 6. The Kier molecular flexibility index (Phi) is 5.52. The van der Waals surface area contributed by atoms with E-state index in [1.165, 1.54) is 24.0 Å². The van der Waals surface area contributed by atoms with Crippen LogP contribution in [-0.4, -0.2) is 26.8 Å². The quantitative estimate of drug-likeness (QED) is 0.564. The molecule has 0 aliphatic rings. The van der Waals surface area contributed by atoms with Gasteiger partial charge in [0.2, 0.25) is 0 Å². The minimum absolute atomic E-state index is 0.0577.